The molecule has 18 heavy (non-hydrogen) atoms. The van der Waals surface area contributed by atoms with Gasteiger partial charge in [0, 0.05) is 17.4 Å². The van der Waals surface area contributed by atoms with Crippen LogP contribution in [0.4, 0.5) is 0 Å². The zero-order chi connectivity index (χ0) is 13.5. The number of ether oxygens (including phenoxy) is 1. The van der Waals surface area contributed by atoms with Crippen molar-refractivity contribution < 1.29 is 14.6 Å². The quantitative estimate of drug-likeness (QED) is 0.793. The number of phenols is 1. The number of nitrogens with one attached hydrogen (secondary N) is 1. The summed E-state index contributed by atoms with van der Waals surface area (Å²) in [6.45, 7) is 1.95. The molecule has 0 aliphatic carbocycles. The number of methoxy groups -OCH3 is 1. The van der Waals surface area contributed by atoms with E-state index in [1.165, 1.54) is 13.2 Å². The topological polar surface area (TPSA) is 58.6 Å². The highest BCUT2D eigenvalue weighted by Gasteiger charge is 2.14. The second-order valence-electron chi connectivity index (χ2n) is 4.09. The number of carbonyl (C=O) groups excluding carboxylic acids is 1. The predicted molar refractivity (Wildman–Crippen MR) is 74.6 cm³/mol. The maximum Gasteiger partial charge on any atom is 0.255 e. The van der Waals surface area contributed by atoms with Gasteiger partial charge in [0.05, 0.1) is 12.7 Å². The van der Waals surface area contributed by atoms with Gasteiger partial charge >= 0.3 is 0 Å². The molecule has 0 spiro atoms. The minimum Gasteiger partial charge on any atom is -0.507 e. The van der Waals surface area contributed by atoms with Gasteiger partial charge in [-0.2, -0.15) is 0 Å². The number of benzene rings is 1. The summed E-state index contributed by atoms with van der Waals surface area (Å²) in [5.41, 5.74) is 0.265. The largest absolute Gasteiger partial charge is 0.507 e. The Labute approximate surface area is 115 Å². The number of hydrogen-bond acceptors (Lipinski definition) is 3. The highest BCUT2D eigenvalue weighted by molar-refractivity contribution is 9.09. The van der Waals surface area contributed by atoms with Gasteiger partial charge in [0.1, 0.15) is 11.5 Å². The van der Waals surface area contributed by atoms with Gasteiger partial charge in [0.15, 0.2) is 0 Å². The van der Waals surface area contributed by atoms with Gasteiger partial charge in [-0.15, -0.1) is 0 Å². The molecule has 1 unspecified atom stereocenters. The summed E-state index contributed by atoms with van der Waals surface area (Å²) < 4.78 is 4.97. The number of aromatic hydroxyl groups is 1. The van der Waals surface area contributed by atoms with E-state index in [2.05, 4.69) is 21.2 Å². The smallest absolute Gasteiger partial charge is 0.255 e. The van der Waals surface area contributed by atoms with Crippen molar-refractivity contribution in [1.82, 2.24) is 5.32 Å². The summed E-state index contributed by atoms with van der Waals surface area (Å²) in [6.07, 6.45) is 1.89. The average Bonchev–Trinajstić information content (AvgIpc) is 2.35. The van der Waals surface area contributed by atoms with E-state index in [1.807, 2.05) is 6.92 Å². The molecule has 5 heteroatoms. The lowest BCUT2D eigenvalue weighted by atomic mass is 10.1. The minimum atomic E-state index is -0.266. The van der Waals surface area contributed by atoms with Crippen LogP contribution < -0.4 is 10.1 Å². The highest BCUT2D eigenvalue weighted by Crippen LogP contribution is 2.23. The second kappa shape index (κ2) is 7.26. The summed E-state index contributed by atoms with van der Waals surface area (Å²) in [4.78, 5) is 11.9. The molecule has 1 amide bonds. The van der Waals surface area contributed by atoms with Crippen LogP contribution >= 0.6 is 15.9 Å². The molecule has 0 bridgehead atoms. The van der Waals surface area contributed by atoms with Crippen LogP contribution in [-0.2, 0) is 0 Å². The molecule has 100 valence electrons. The predicted octanol–water partition coefficient (Wildman–Crippen LogP) is 2.69. The molecule has 0 aliphatic rings. The number of rotatable bonds is 6. The van der Waals surface area contributed by atoms with E-state index in [4.69, 9.17) is 4.74 Å². The fourth-order valence-corrected chi connectivity index (χ4v) is 1.91. The summed E-state index contributed by atoms with van der Waals surface area (Å²) in [5, 5.41) is 13.5. The first-order valence-electron chi connectivity index (χ1n) is 5.82. The molecule has 2 N–H and O–H groups in total. The SMILES string of the molecule is COc1ccc(C(=O)NC(C)CCCBr)c(O)c1. The van der Waals surface area contributed by atoms with E-state index in [9.17, 15) is 9.90 Å². The molecule has 1 aromatic carbocycles. The van der Waals surface area contributed by atoms with Crippen LogP contribution in [0.3, 0.4) is 0 Å². The highest BCUT2D eigenvalue weighted by atomic mass is 79.9. The summed E-state index contributed by atoms with van der Waals surface area (Å²) >= 11 is 3.35. The van der Waals surface area contributed by atoms with E-state index in [0.29, 0.717) is 5.75 Å². The van der Waals surface area contributed by atoms with E-state index in [1.54, 1.807) is 12.1 Å². The van der Waals surface area contributed by atoms with Gasteiger partial charge in [0.2, 0.25) is 0 Å². The summed E-state index contributed by atoms with van der Waals surface area (Å²) in [6, 6.07) is 4.72. The first-order valence-corrected chi connectivity index (χ1v) is 6.94. The first kappa shape index (κ1) is 14.8. The second-order valence-corrected chi connectivity index (χ2v) is 4.88. The van der Waals surface area contributed by atoms with Gasteiger partial charge in [-0.05, 0) is 31.9 Å². The van der Waals surface area contributed by atoms with Crippen molar-refractivity contribution in [3.05, 3.63) is 23.8 Å². The molecule has 1 rings (SSSR count). The van der Waals surface area contributed by atoms with Crippen molar-refractivity contribution in [2.75, 3.05) is 12.4 Å². The fourth-order valence-electron chi connectivity index (χ4n) is 1.59. The van der Waals surface area contributed by atoms with Crippen molar-refractivity contribution in [2.24, 2.45) is 0 Å². The molecule has 0 saturated carbocycles. The van der Waals surface area contributed by atoms with Gasteiger partial charge in [-0.25, -0.2) is 0 Å². The maximum absolute atomic E-state index is 11.9. The molecule has 0 heterocycles. The van der Waals surface area contributed by atoms with Crippen LogP contribution in [0, 0.1) is 0 Å². The fraction of sp³-hybridized carbons (Fsp3) is 0.462. The molecule has 0 saturated heterocycles. The van der Waals surface area contributed by atoms with Gasteiger partial charge in [0.25, 0.3) is 5.91 Å². The van der Waals surface area contributed by atoms with Crippen LogP contribution in [0.15, 0.2) is 18.2 Å². The molecular weight excluding hydrogens is 298 g/mol. The Kier molecular flexibility index (Phi) is 5.98. The maximum atomic E-state index is 11.9. The Morgan fingerprint density at radius 2 is 2.28 bits per heavy atom. The lowest BCUT2D eigenvalue weighted by Gasteiger charge is -2.14. The monoisotopic (exact) mass is 315 g/mol. The van der Waals surface area contributed by atoms with Gasteiger partial charge < -0.3 is 15.2 Å². The number of hydrogen-bond donors (Lipinski definition) is 2. The van der Waals surface area contributed by atoms with Crippen LogP contribution in [0.5, 0.6) is 11.5 Å². The first-order chi connectivity index (χ1) is 8.58. The number of carbonyl (C=O) groups is 1. The third kappa shape index (κ3) is 4.22. The minimum absolute atomic E-state index is 0.0699. The molecule has 0 radical (unpaired) electrons. The normalized spacial score (nSPS) is 11.9. The van der Waals surface area contributed by atoms with Crippen LogP contribution in [0.1, 0.15) is 30.1 Å². The number of amides is 1. The Hall–Kier alpha value is -1.23. The van der Waals surface area contributed by atoms with Crippen molar-refractivity contribution in [2.45, 2.75) is 25.8 Å². The van der Waals surface area contributed by atoms with E-state index in [-0.39, 0.29) is 23.3 Å². The number of phenolic OH excluding ortho intramolecular Hbond substituents is 1. The van der Waals surface area contributed by atoms with Crippen LogP contribution in [0.2, 0.25) is 0 Å². The third-order valence-corrected chi connectivity index (χ3v) is 3.16. The Morgan fingerprint density at radius 1 is 1.56 bits per heavy atom. The van der Waals surface area contributed by atoms with E-state index >= 15 is 0 Å². The molecule has 0 fully saturated rings. The standard InChI is InChI=1S/C13H18BrNO3/c1-9(4-3-7-14)15-13(17)11-6-5-10(18-2)8-12(11)16/h5-6,8-9,16H,3-4,7H2,1-2H3,(H,15,17). The Morgan fingerprint density at radius 3 is 2.83 bits per heavy atom. The number of alkyl halides is 1. The van der Waals surface area contributed by atoms with Crippen molar-refractivity contribution >= 4 is 21.8 Å². The average molecular weight is 316 g/mol. The Balaban J connectivity index is 2.66. The molecule has 1 atom stereocenters. The van der Waals surface area contributed by atoms with E-state index in [0.717, 1.165) is 18.2 Å². The molecule has 0 aliphatic heterocycles. The molecular formula is C13H18BrNO3. The van der Waals surface area contributed by atoms with Crippen molar-refractivity contribution in [1.29, 1.82) is 0 Å². The third-order valence-electron chi connectivity index (χ3n) is 2.60. The summed E-state index contributed by atoms with van der Waals surface area (Å²) in [5.74, 6) is 0.188. The lowest BCUT2D eigenvalue weighted by molar-refractivity contribution is 0.0935. The molecule has 0 aromatic heterocycles. The van der Waals surface area contributed by atoms with Crippen molar-refractivity contribution in [3.8, 4) is 11.5 Å². The zero-order valence-corrected chi connectivity index (χ0v) is 12.2. The van der Waals surface area contributed by atoms with Gasteiger partial charge in [-0.1, -0.05) is 15.9 Å². The van der Waals surface area contributed by atoms with Crippen LogP contribution in [0.25, 0.3) is 0 Å². The van der Waals surface area contributed by atoms with Gasteiger partial charge in [-0.3, -0.25) is 4.79 Å². The number of halogens is 1. The van der Waals surface area contributed by atoms with Crippen LogP contribution in [-0.4, -0.2) is 29.5 Å². The van der Waals surface area contributed by atoms with Crippen molar-refractivity contribution in [3.63, 3.8) is 0 Å². The Bertz CT molecular complexity index is 409. The molecule has 4 nitrogen and oxygen atoms in total. The summed E-state index contributed by atoms with van der Waals surface area (Å²) in [7, 11) is 1.51. The zero-order valence-electron chi connectivity index (χ0n) is 10.6. The lowest BCUT2D eigenvalue weighted by Crippen LogP contribution is -2.32. The molecule has 1 aromatic rings. The van der Waals surface area contributed by atoms with E-state index < -0.39 is 0 Å².